The Hall–Kier alpha value is -2.40. The minimum Gasteiger partial charge on any atom is -0.361 e. The quantitative estimate of drug-likeness (QED) is 0.711. The topological polar surface area (TPSA) is 70.7 Å². The third-order valence-electron chi connectivity index (χ3n) is 2.88. The van der Waals surface area contributed by atoms with Crippen LogP contribution in [0.25, 0.3) is 10.9 Å². The maximum atomic E-state index is 12.3. The van der Waals surface area contributed by atoms with E-state index in [4.69, 9.17) is 11.6 Å². The number of aromatic nitrogens is 3. The van der Waals surface area contributed by atoms with Gasteiger partial charge in [0, 0.05) is 17.3 Å². The molecule has 0 aliphatic rings. The molecule has 2 aromatic heterocycles. The van der Waals surface area contributed by atoms with Gasteiger partial charge in [-0.2, -0.15) is 0 Å². The van der Waals surface area contributed by atoms with Crippen LogP contribution in [0, 0.1) is 6.92 Å². The summed E-state index contributed by atoms with van der Waals surface area (Å²) in [6, 6.07) is 9.04. The fraction of sp³-hybridized carbons (Fsp3) is 0.0714. The highest BCUT2D eigenvalue weighted by Crippen LogP contribution is 2.18. The molecular weight excluding hydrogens is 276 g/mol. The van der Waals surface area contributed by atoms with E-state index in [9.17, 15) is 4.79 Å². The van der Waals surface area contributed by atoms with Gasteiger partial charge in [0.25, 0.3) is 5.91 Å². The Morgan fingerprint density at radius 2 is 2.15 bits per heavy atom. The number of rotatable bonds is 2. The van der Waals surface area contributed by atoms with Crippen molar-refractivity contribution in [3.8, 4) is 0 Å². The number of carbonyl (C=O) groups excluding carboxylic acids is 1. The van der Waals surface area contributed by atoms with Crippen LogP contribution in [0.15, 0.2) is 36.5 Å². The summed E-state index contributed by atoms with van der Waals surface area (Å²) in [6.07, 6.45) is 1.79. The van der Waals surface area contributed by atoms with E-state index in [2.05, 4.69) is 20.3 Å². The van der Waals surface area contributed by atoms with E-state index in [-0.39, 0.29) is 11.9 Å². The van der Waals surface area contributed by atoms with Crippen LogP contribution in [0.1, 0.15) is 16.1 Å². The van der Waals surface area contributed by atoms with Gasteiger partial charge in [0.2, 0.25) is 5.95 Å². The van der Waals surface area contributed by atoms with Crippen molar-refractivity contribution in [3.63, 3.8) is 0 Å². The second-order valence-electron chi connectivity index (χ2n) is 4.36. The van der Waals surface area contributed by atoms with E-state index in [0.717, 1.165) is 10.9 Å². The summed E-state index contributed by atoms with van der Waals surface area (Å²) in [5.41, 5.74) is 2.01. The van der Waals surface area contributed by atoms with Gasteiger partial charge in [-0.15, -0.1) is 0 Å². The zero-order valence-corrected chi connectivity index (χ0v) is 11.4. The molecule has 0 aliphatic carbocycles. The smallest absolute Gasteiger partial charge is 0.260 e. The van der Waals surface area contributed by atoms with E-state index in [1.807, 2.05) is 18.2 Å². The number of aromatic amines is 1. The molecule has 0 saturated heterocycles. The molecule has 1 aromatic carbocycles. The summed E-state index contributed by atoms with van der Waals surface area (Å²) in [6.45, 7) is 1.79. The lowest BCUT2D eigenvalue weighted by molar-refractivity contribution is 0.102. The zero-order chi connectivity index (χ0) is 14.1. The van der Waals surface area contributed by atoms with Crippen LogP contribution >= 0.6 is 11.6 Å². The molecule has 0 radical (unpaired) electrons. The number of anilines is 1. The molecule has 3 aromatic rings. The van der Waals surface area contributed by atoms with Crippen molar-refractivity contribution < 1.29 is 4.79 Å². The highest BCUT2D eigenvalue weighted by Gasteiger charge is 2.12. The fourth-order valence-electron chi connectivity index (χ4n) is 2.03. The average Bonchev–Trinajstić information content (AvgIpc) is 2.85. The number of hydrogen-bond donors (Lipinski definition) is 2. The molecule has 2 N–H and O–H groups in total. The lowest BCUT2D eigenvalue weighted by Gasteiger charge is -2.06. The number of benzene rings is 1. The van der Waals surface area contributed by atoms with Crippen molar-refractivity contribution >= 4 is 34.4 Å². The predicted octanol–water partition coefficient (Wildman–Crippen LogP) is 3.17. The molecule has 0 spiro atoms. The van der Waals surface area contributed by atoms with Crippen molar-refractivity contribution in [2.24, 2.45) is 0 Å². The molecular formula is C14H11ClN4O. The molecule has 0 atom stereocenters. The van der Waals surface area contributed by atoms with Crippen LogP contribution in [0.4, 0.5) is 5.95 Å². The third-order valence-corrected chi connectivity index (χ3v) is 3.07. The van der Waals surface area contributed by atoms with Crippen LogP contribution in [0.3, 0.4) is 0 Å². The standard InChI is InChI=1S/C14H11ClN4O/c1-8-7-11(15)18-14(17-8)19-13(20)10-4-2-3-9-5-6-16-12(9)10/h2-7,16H,1H3,(H,17,18,19,20). The number of aryl methyl sites for hydroxylation is 1. The van der Waals surface area contributed by atoms with Gasteiger partial charge < -0.3 is 4.98 Å². The molecule has 20 heavy (non-hydrogen) atoms. The van der Waals surface area contributed by atoms with Gasteiger partial charge in [0.1, 0.15) is 5.15 Å². The first-order chi connectivity index (χ1) is 9.63. The summed E-state index contributed by atoms with van der Waals surface area (Å²) in [7, 11) is 0. The van der Waals surface area contributed by atoms with Crippen molar-refractivity contribution in [1.82, 2.24) is 15.0 Å². The van der Waals surface area contributed by atoms with E-state index in [1.165, 1.54) is 0 Å². The second kappa shape index (κ2) is 4.94. The van der Waals surface area contributed by atoms with E-state index in [1.54, 1.807) is 25.3 Å². The van der Waals surface area contributed by atoms with Crippen molar-refractivity contribution in [1.29, 1.82) is 0 Å². The first kappa shape index (κ1) is 12.6. The highest BCUT2D eigenvalue weighted by molar-refractivity contribution is 6.29. The minimum atomic E-state index is -0.278. The minimum absolute atomic E-state index is 0.198. The highest BCUT2D eigenvalue weighted by atomic mass is 35.5. The normalized spacial score (nSPS) is 10.7. The Bertz CT molecular complexity index is 776. The predicted molar refractivity (Wildman–Crippen MR) is 78.0 cm³/mol. The molecule has 100 valence electrons. The van der Waals surface area contributed by atoms with Crippen LogP contribution in [0.5, 0.6) is 0 Å². The lowest BCUT2D eigenvalue weighted by Crippen LogP contribution is -2.15. The number of nitrogens with zero attached hydrogens (tertiary/aromatic N) is 2. The summed E-state index contributed by atoms with van der Waals surface area (Å²) >= 11 is 5.85. The molecule has 0 aliphatic heterocycles. The van der Waals surface area contributed by atoms with E-state index >= 15 is 0 Å². The molecule has 0 bridgehead atoms. The molecule has 5 nitrogen and oxygen atoms in total. The number of nitrogens with one attached hydrogen (secondary N) is 2. The van der Waals surface area contributed by atoms with E-state index in [0.29, 0.717) is 16.4 Å². The Labute approximate surface area is 120 Å². The van der Waals surface area contributed by atoms with Gasteiger partial charge in [0.05, 0.1) is 11.1 Å². The average molecular weight is 287 g/mol. The van der Waals surface area contributed by atoms with Crippen molar-refractivity contribution in [2.45, 2.75) is 6.92 Å². The monoisotopic (exact) mass is 286 g/mol. The number of fused-ring (bicyclic) bond motifs is 1. The first-order valence-electron chi connectivity index (χ1n) is 6.02. The number of hydrogen-bond acceptors (Lipinski definition) is 3. The van der Waals surface area contributed by atoms with Crippen molar-refractivity contribution in [3.05, 3.63) is 52.9 Å². The maximum Gasteiger partial charge on any atom is 0.260 e. The second-order valence-corrected chi connectivity index (χ2v) is 4.74. The Balaban J connectivity index is 1.95. The number of halogens is 1. The molecule has 3 rings (SSSR count). The summed E-state index contributed by atoms with van der Waals surface area (Å²) < 4.78 is 0. The Kier molecular flexibility index (Phi) is 3.12. The summed E-state index contributed by atoms with van der Waals surface area (Å²) in [5.74, 6) is -0.0803. The lowest BCUT2D eigenvalue weighted by atomic mass is 10.1. The van der Waals surface area contributed by atoms with Crippen LogP contribution in [-0.4, -0.2) is 20.9 Å². The fourth-order valence-corrected chi connectivity index (χ4v) is 2.27. The van der Waals surface area contributed by atoms with Gasteiger partial charge in [-0.1, -0.05) is 23.7 Å². The summed E-state index contributed by atoms with van der Waals surface area (Å²) in [5, 5.41) is 3.93. The first-order valence-corrected chi connectivity index (χ1v) is 6.40. The van der Waals surface area contributed by atoms with Crippen molar-refractivity contribution in [2.75, 3.05) is 5.32 Å². The SMILES string of the molecule is Cc1cc(Cl)nc(NC(=O)c2cccc3cc[nH]c23)n1. The molecule has 1 amide bonds. The van der Waals surface area contributed by atoms with Gasteiger partial charge in [-0.25, -0.2) is 9.97 Å². The van der Waals surface area contributed by atoms with E-state index < -0.39 is 0 Å². The third kappa shape index (κ3) is 2.35. The number of carbonyl (C=O) groups is 1. The largest absolute Gasteiger partial charge is 0.361 e. The van der Waals surface area contributed by atoms with Gasteiger partial charge in [-0.3, -0.25) is 10.1 Å². The van der Waals surface area contributed by atoms with Crippen LogP contribution < -0.4 is 5.32 Å². The van der Waals surface area contributed by atoms with Crippen LogP contribution in [0.2, 0.25) is 5.15 Å². The van der Waals surface area contributed by atoms with Crippen LogP contribution in [-0.2, 0) is 0 Å². The molecule has 6 heteroatoms. The van der Waals surface area contributed by atoms with Gasteiger partial charge in [0.15, 0.2) is 0 Å². The molecule has 0 fully saturated rings. The number of amides is 1. The Morgan fingerprint density at radius 3 is 2.95 bits per heavy atom. The van der Waals surface area contributed by atoms with Gasteiger partial charge in [-0.05, 0) is 25.1 Å². The Morgan fingerprint density at radius 1 is 1.30 bits per heavy atom. The zero-order valence-electron chi connectivity index (χ0n) is 10.6. The summed E-state index contributed by atoms with van der Waals surface area (Å²) in [4.78, 5) is 23.5. The number of H-pyrrole nitrogens is 1. The van der Waals surface area contributed by atoms with Gasteiger partial charge >= 0.3 is 0 Å². The molecule has 0 unspecified atom stereocenters. The molecule has 2 heterocycles. The molecule has 0 saturated carbocycles. The number of para-hydroxylation sites is 1. The maximum absolute atomic E-state index is 12.3.